The largest absolute Gasteiger partial charge is 0.481 e. The van der Waals surface area contributed by atoms with Crippen molar-refractivity contribution in [2.75, 3.05) is 24.7 Å². The van der Waals surface area contributed by atoms with E-state index in [1.54, 1.807) is 0 Å². The molecule has 0 aliphatic carbocycles. The molecule has 1 atom stereocenters. The van der Waals surface area contributed by atoms with Crippen molar-refractivity contribution < 1.29 is 19.8 Å². The summed E-state index contributed by atoms with van der Waals surface area (Å²) in [5.74, 6) is 0.377. The minimum Gasteiger partial charge on any atom is -0.481 e. The zero-order valence-corrected chi connectivity index (χ0v) is 10.3. The van der Waals surface area contributed by atoms with Gasteiger partial charge < -0.3 is 15.5 Å². The molecule has 0 fully saturated rings. The lowest BCUT2D eigenvalue weighted by molar-refractivity contribution is -0.137. The normalized spacial score (nSPS) is 12.1. The van der Waals surface area contributed by atoms with Crippen molar-refractivity contribution in [1.29, 1.82) is 0 Å². The van der Waals surface area contributed by atoms with E-state index < -0.39 is 5.97 Å². The smallest absolute Gasteiger partial charge is 0.303 e. The molecule has 0 radical (unpaired) electrons. The maximum atomic E-state index is 11.2. The first-order valence-corrected chi connectivity index (χ1v) is 6.38. The van der Waals surface area contributed by atoms with Gasteiger partial charge >= 0.3 is 5.97 Å². The van der Waals surface area contributed by atoms with Crippen LogP contribution in [0.15, 0.2) is 0 Å². The molecule has 0 bridgehead atoms. The zero-order chi connectivity index (χ0) is 12.4. The Morgan fingerprint density at radius 2 is 2.12 bits per heavy atom. The van der Waals surface area contributed by atoms with Gasteiger partial charge in [0.25, 0.3) is 0 Å². The second-order valence-electron chi connectivity index (χ2n) is 3.65. The maximum absolute atomic E-state index is 11.2. The summed E-state index contributed by atoms with van der Waals surface area (Å²) < 4.78 is 0. The number of carbonyl (C=O) groups is 2. The van der Waals surface area contributed by atoms with Crippen molar-refractivity contribution >= 4 is 23.6 Å². The van der Waals surface area contributed by atoms with Gasteiger partial charge in [-0.15, -0.1) is 0 Å². The van der Waals surface area contributed by atoms with Crippen LogP contribution >= 0.6 is 11.8 Å². The fourth-order valence-electron chi connectivity index (χ4n) is 0.924. The summed E-state index contributed by atoms with van der Waals surface area (Å²) in [6.07, 6.45) is 0.535. The molecule has 0 aromatic heterocycles. The maximum Gasteiger partial charge on any atom is 0.303 e. The predicted molar refractivity (Wildman–Crippen MR) is 63.5 cm³/mol. The first-order chi connectivity index (χ1) is 7.56. The van der Waals surface area contributed by atoms with E-state index in [4.69, 9.17) is 10.2 Å². The Hall–Kier alpha value is -0.750. The Bertz CT molecular complexity index is 223. The molecule has 3 N–H and O–H groups in total. The number of thioether (sulfide) groups is 1. The minimum absolute atomic E-state index is 0.0783. The van der Waals surface area contributed by atoms with Gasteiger partial charge in [-0.05, 0) is 18.1 Å². The van der Waals surface area contributed by atoms with Crippen LogP contribution in [0, 0.1) is 5.92 Å². The number of hydrogen-bond donors (Lipinski definition) is 3. The van der Waals surface area contributed by atoms with Gasteiger partial charge in [0.05, 0.1) is 5.75 Å². The summed E-state index contributed by atoms with van der Waals surface area (Å²) in [5, 5.41) is 19.8. The molecule has 94 valence electrons. The number of carboxylic acids is 1. The third-order valence-corrected chi connectivity index (χ3v) is 3.11. The average molecular weight is 249 g/mol. The highest BCUT2D eigenvalue weighted by Gasteiger charge is 2.04. The number of rotatable bonds is 9. The van der Waals surface area contributed by atoms with E-state index in [1.807, 2.05) is 6.92 Å². The highest BCUT2D eigenvalue weighted by Crippen LogP contribution is 2.06. The number of carbonyl (C=O) groups excluding carboxylic acids is 1. The molecular formula is C10H19NO4S. The molecule has 6 heteroatoms. The summed E-state index contributed by atoms with van der Waals surface area (Å²) in [5.41, 5.74) is 0. The number of nitrogens with one attached hydrogen (secondary N) is 1. The molecule has 0 spiro atoms. The summed E-state index contributed by atoms with van der Waals surface area (Å²) in [7, 11) is 0. The highest BCUT2D eigenvalue weighted by molar-refractivity contribution is 7.99. The van der Waals surface area contributed by atoms with Crippen molar-refractivity contribution in [2.45, 2.75) is 19.8 Å². The summed E-state index contributed by atoms with van der Waals surface area (Å²) in [6.45, 7) is 2.45. The van der Waals surface area contributed by atoms with E-state index in [0.717, 1.165) is 5.75 Å². The molecule has 1 unspecified atom stereocenters. The van der Waals surface area contributed by atoms with Crippen LogP contribution in [0.4, 0.5) is 0 Å². The van der Waals surface area contributed by atoms with Crippen LogP contribution in [-0.2, 0) is 9.59 Å². The lowest BCUT2D eigenvalue weighted by atomic mass is 10.2. The van der Waals surface area contributed by atoms with Crippen LogP contribution in [0.25, 0.3) is 0 Å². The molecular weight excluding hydrogens is 230 g/mol. The van der Waals surface area contributed by atoms with E-state index in [0.29, 0.717) is 18.7 Å². The van der Waals surface area contributed by atoms with E-state index in [2.05, 4.69) is 5.32 Å². The van der Waals surface area contributed by atoms with Crippen LogP contribution in [0.2, 0.25) is 0 Å². The van der Waals surface area contributed by atoms with E-state index >= 15 is 0 Å². The van der Waals surface area contributed by atoms with Crippen LogP contribution in [0.3, 0.4) is 0 Å². The Labute approximate surface area is 99.6 Å². The van der Waals surface area contributed by atoms with Crippen LogP contribution in [0.5, 0.6) is 0 Å². The van der Waals surface area contributed by atoms with Gasteiger partial charge in [0.2, 0.25) is 5.91 Å². The molecule has 0 aromatic rings. The molecule has 5 nitrogen and oxygen atoms in total. The van der Waals surface area contributed by atoms with Gasteiger partial charge in [-0.3, -0.25) is 9.59 Å². The third-order valence-electron chi connectivity index (χ3n) is 1.84. The molecule has 0 heterocycles. The van der Waals surface area contributed by atoms with Gasteiger partial charge in [0, 0.05) is 19.6 Å². The Kier molecular flexibility index (Phi) is 9.03. The van der Waals surface area contributed by atoms with Crippen molar-refractivity contribution in [3.63, 3.8) is 0 Å². The molecule has 1 amide bonds. The van der Waals surface area contributed by atoms with Gasteiger partial charge in [0.1, 0.15) is 0 Å². The fraction of sp³-hybridized carbons (Fsp3) is 0.800. The number of aliphatic hydroxyl groups excluding tert-OH is 1. The molecule has 0 aromatic carbocycles. The van der Waals surface area contributed by atoms with Gasteiger partial charge in [0.15, 0.2) is 0 Å². The summed E-state index contributed by atoms with van der Waals surface area (Å²) in [4.78, 5) is 21.4. The molecule has 0 aliphatic heterocycles. The molecule has 16 heavy (non-hydrogen) atoms. The third kappa shape index (κ3) is 9.79. The molecule has 0 saturated carbocycles. The van der Waals surface area contributed by atoms with Crippen molar-refractivity contribution in [2.24, 2.45) is 5.92 Å². The number of aliphatic carboxylic acids is 1. The number of aliphatic hydroxyl groups is 1. The van der Waals surface area contributed by atoms with Crippen molar-refractivity contribution in [3.05, 3.63) is 0 Å². The molecule has 0 saturated heterocycles. The zero-order valence-electron chi connectivity index (χ0n) is 9.44. The lowest BCUT2D eigenvalue weighted by Crippen LogP contribution is -2.27. The highest BCUT2D eigenvalue weighted by atomic mass is 32.2. The number of carboxylic acid groups (broad SMARTS) is 1. The Morgan fingerprint density at radius 3 is 2.69 bits per heavy atom. The molecule has 0 aliphatic rings. The average Bonchev–Trinajstić information content (AvgIpc) is 2.24. The second-order valence-corrected chi connectivity index (χ2v) is 4.68. The van der Waals surface area contributed by atoms with Crippen LogP contribution < -0.4 is 5.32 Å². The number of hydrogen-bond acceptors (Lipinski definition) is 4. The Balaban J connectivity index is 3.34. The standard InChI is InChI=1S/C10H19NO4S/c1-8(5-12)6-16-7-9(13)11-4-2-3-10(14)15/h8,12H,2-7H2,1H3,(H,11,13)(H,14,15). The van der Waals surface area contributed by atoms with Crippen LogP contribution in [-0.4, -0.2) is 46.7 Å². The minimum atomic E-state index is -0.847. The quantitative estimate of drug-likeness (QED) is 0.513. The fourth-order valence-corrected chi connectivity index (χ4v) is 1.84. The SMILES string of the molecule is CC(CO)CSCC(=O)NCCCC(=O)O. The lowest BCUT2D eigenvalue weighted by Gasteiger charge is -2.07. The summed E-state index contributed by atoms with van der Waals surface area (Å²) >= 11 is 1.47. The van der Waals surface area contributed by atoms with Crippen molar-refractivity contribution in [3.8, 4) is 0 Å². The number of amides is 1. The van der Waals surface area contributed by atoms with Gasteiger partial charge in [-0.25, -0.2) is 0 Å². The van der Waals surface area contributed by atoms with Gasteiger partial charge in [-0.1, -0.05) is 6.92 Å². The first-order valence-electron chi connectivity index (χ1n) is 5.23. The Morgan fingerprint density at radius 1 is 1.44 bits per heavy atom. The predicted octanol–water partition coefficient (Wildman–Crippen LogP) is 0.329. The van der Waals surface area contributed by atoms with Crippen LogP contribution in [0.1, 0.15) is 19.8 Å². The first kappa shape index (κ1) is 15.2. The van der Waals surface area contributed by atoms with E-state index in [-0.39, 0.29) is 24.9 Å². The van der Waals surface area contributed by atoms with Crippen molar-refractivity contribution in [1.82, 2.24) is 5.32 Å². The summed E-state index contributed by atoms with van der Waals surface area (Å²) in [6, 6.07) is 0. The van der Waals surface area contributed by atoms with Gasteiger partial charge in [-0.2, -0.15) is 11.8 Å². The second kappa shape index (κ2) is 9.47. The topological polar surface area (TPSA) is 86.6 Å². The monoisotopic (exact) mass is 249 g/mol. The molecule has 0 rings (SSSR count). The van der Waals surface area contributed by atoms with E-state index in [9.17, 15) is 9.59 Å². The van der Waals surface area contributed by atoms with E-state index in [1.165, 1.54) is 11.8 Å².